The lowest BCUT2D eigenvalue weighted by Gasteiger charge is -2.31. The molecule has 162 valence electrons. The number of nitrogens with one attached hydrogen (secondary N) is 1. The maximum atomic E-state index is 12.9. The van der Waals surface area contributed by atoms with Crippen molar-refractivity contribution >= 4 is 30.3 Å². The highest BCUT2D eigenvalue weighted by molar-refractivity contribution is 5.86. The summed E-state index contributed by atoms with van der Waals surface area (Å²) in [5, 5.41) is 12.3. The molecule has 0 saturated carbocycles. The number of likely N-dealkylation sites (tertiary alicyclic amines) is 1. The van der Waals surface area contributed by atoms with Crippen LogP contribution in [0.3, 0.4) is 0 Å². The van der Waals surface area contributed by atoms with Crippen molar-refractivity contribution in [3.63, 3.8) is 0 Å². The maximum Gasteiger partial charge on any atom is 0.323 e. The molecule has 29 heavy (non-hydrogen) atoms. The molecule has 1 aliphatic heterocycles. The molecule has 2 rings (SSSR count). The summed E-state index contributed by atoms with van der Waals surface area (Å²) < 4.78 is 5.20. The first-order chi connectivity index (χ1) is 13.5. The Balaban J connectivity index is 0.00000420. The highest BCUT2D eigenvalue weighted by atomic mass is 35.5. The van der Waals surface area contributed by atoms with Gasteiger partial charge in [0.05, 0.1) is 12.6 Å². The van der Waals surface area contributed by atoms with Crippen LogP contribution >= 0.6 is 12.4 Å². The summed E-state index contributed by atoms with van der Waals surface area (Å²) in [5.74, 6) is -1.66. The molecule has 0 radical (unpaired) electrons. The Morgan fingerprint density at radius 2 is 1.97 bits per heavy atom. The van der Waals surface area contributed by atoms with Gasteiger partial charge in [0.2, 0.25) is 5.91 Å². The minimum absolute atomic E-state index is 0. The van der Waals surface area contributed by atoms with Crippen molar-refractivity contribution in [1.29, 1.82) is 0 Å². The van der Waals surface area contributed by atoms with Crippen molar-refractivity contribution < 1.29 is 24.2 Å². The van der Waals surface area contributed by atoms with Crippen LogP contribution in [-0.2, 0) is 25.5 Å². The zero-order valence-electron chi connectivity index (χ0n) is 16.8. The van der Waals surface area contributed by atoms with Crippen molar-refractivity contribution in [2.24, 2.45) is 0 Å². The van der Waals surface area contributed by atoms with Gasteiger partial charge >= 0.3 is 11.9 Å². The van der Waals surface area contributed by atoms with E-state index in [0.29, 0.717) is 25.8 Å². The molecular formula is C21H31ClN2O5. The molecule has 0 unspecified atom stereocenters. The minimum Gasteiger partial charge on any atom is -0.480 e. The maximum absolute atomic E-state index is 12.9. The number of aliphatic carboxylic acids is 1. The van der Waals surface area contributed by atoms with Crippen LogP contribution in [0, 0.1) is 0 Å². The highest BCUT2D eigenvalue weighted by Gasteiger charge is 2.31. The average Bonchev–Trinajstić information content (AvgIpc) is 2.67. The first kappa shape index (κ1) is 24.9. The Hall–Kier alpha value is -2.12. The van der Waals surface area contributed by atoms with Gasteiger partial charge in [-0.2, -0.15) is 0 Å². The van der Waals surface area contributed by atoms with E-state index in [4.69, 9.17) is 9.84 Å². The number of benzene rings is 1. The molecule has 0 spiro atoms. The Bertz CT molecular complexity index is 656. The van der Waals surface area contributed by atoms with Crippen LogP contribution in [-0.4, -0.2) is 59.6 Å². The lowest BCUT2D eigenvalue weighted by atomic mass is 10.00. The van der Waals surface area contributed by atoms with Gasteiger partial charge in [0.25, 0.3) is 0 Å². The number of carbonyl (C=O) groups excluding carboxylic acids is 2. The fourth-order valence-corrected chi connectivity index (χ4v) is 3.47. The lowest BCUT2D eigenvalue weighted by molar-refractivity contribution is -0.148. The molecule has 1 fully saturated rings. The molecule has 1 aliphatic rings. The molecule has 1 aromatic carbocycles. The summed E-state index contributed by atoms with van der Waals surface area (Å²) in [6.45, 7) is 2.14. The number of nitrogens with zero attached hydrogens (tertiary/aromatic N) is 1. The number of halogens is 1. The van der Waals surface area contributed by atoms with Crippen LogP contribution in [0.15, 0.2) is 30.3 Å². The van der Waals surface area contributed by atoms with E-state index in [-0.39, 0.29) is 37.4 Å². The van der Waals surface area contributed by atoms with Gasteiger partial charge in [-0.15, -0.1) is 12.4 Å². The van der Waals surface area contributed by atoms with Crippen LogP contribution in [0.5, 0.6) is 0 Å². The number of amides is 1. The van der Waals surface area contributed by atoms with Crippen molar-refractivity contribution in [2.45, 2.75) is 57.5 Å². The van der Waals surface area contributed by atoms with E-state index in [2.05, 4.69) is 5.32 Å². The third-order valence-electron chi connectivity index (χ3n) is 4.89. The quantitative estimate of drug-likeness (QED) is 0.589. The van der Waals surface area contributed by atoms with Crippen LogP contribution in [0.1, 0.15) is 44.6 Å². The Morgan fingerprint density at radius 3 is 2.62 bits per heavy atom. The van der Waals surface area contributed by atoms with Crippen LogP contribution in [0.2, 0.25) is 0 Å². The Labute approximate surface area is 178 Å². The number of rotatable bonds is 9. The third kappa shape index (κ3) is 8.41. The average molecular weight is 427 g/mol. The molecule has 1 aromatic rings. The van der Waals surface area contributed by atoms with Gasteiger partial charge in [-0.05, 0) is 38.2 Å². The van der Waals surface area contributed by atoms with E-state index in [1.165, 1.54) is 4.90 Å². The van der Waals surface area contributed by atoms with Crippen LogP contribution in [0.4, 0.5) is 0 Å². The van der Waals surface area contributed by atoms with Crippen molar-refractivity contribution in [1.82, 2.24) is 10.2 Å². The fourth-order valence-electron chi connectivity index (χ4n) is 3.47. The second-order valence-electron chi connectivity index (χ2n) is 7.05. The molecule has 1 saturated heterocycles. The smallest absolute Gasteiger partial charge is 0.323 e. The van der Waals surface area contributed by atoms with E-state index < -0.39 is 18.1 Å². The number of carboxylic acids is 1. The van der Waals surface area contributed by atoms with E-state index in [0.717, 1.165) is 24.8 Å². The van der Waals surface area contributed by atoms with Gasteiger partial charge in [0.1, 0.15) is 12.6 Å². The molecule has 7 nitrogen and oxygen atoms in total. The summed E-state index contributed by atoms with van der Waals surface area (Å²) in [4.78, 5) is 37.8. The first-order valence-corrected chi connectivity index (χ1v) is 9.98. The molecule has 2 N–H and O–H groups in total. The number of esters is 1. The van der Waals surface area contributed by atoms with Crippen molar-refractivity contribution in [3.8, 4) is 0 Å². The fraction of sp³-hybridized carbons (Fsp3) is 0.571. The predicted molar refractivity (Wildman–Crippen MR) is 112 cm³/mol. The third-order valence-corrected chi connectivity index (χ3v) is 4.89. The zero-order valence-corrected chi connectivity index (χ0v) is 17.7. The molecule has 8 heteroatoms. The van der Waals surface area contributed by atoms with Crippen molar-refractivity contribution in [3.05, 3.63) is 35.9 Å². The second-order valence-corrected chi connectivity index (χ2v) is 7.05. The summed E-state index contributed by atoms with van der Waals surface area (Å²) in [5.41, 5.74) is 1.11. The zero-order chi connectivity index (χ0) is 20.4. The van der Waals surface area contributed by atoms with Crippen LogP contribution < -0.4 is 5.32 Å². The number of carbonyl (C=O) groups is 3. The topological polar surface area (TPSA) is 95.9 Å². The monoisotopic (exact) mass is 426 g/mol. The molecule has 1 heterocycles. The van der Waals surface area contributed by atoms with Gasteiger partial charge in [-0.25, -0.2) is 0 Å². The summed E-state index contributed by atoms with van der Waals surface area (Å²) in [6.07, 6.45) is 4.34. The number of aryl methyl sites for hydroxylation is 1. The van der Waals surface area contributed by atoms with Gasteiger partial charge < -0.3 is 14.7 Å². The normalized spacial score (nSPS) is 18.2. The largest absolute Gasteiger partial charge is 0.480 e. The Kier molecular flexibility index (Phi) is 11.3. The first-order valence-electron chi connectivity index (χ1n) is 9.98. The molecule has 0 aromatic heterocycles. The Morgan fingerprint density at radius 1 is 1.24 bits per heavy atom. The standard InChI is InChI=1S/C21H30N2O5.ClH/c1-2-28-21(27)18(13-12-16-9-5-3-6-10-16)22-17-11-7-4-8-14-23(20(17)26)15-19(24)25;/h3,5-6,9-10,17-18,22H,2,4,7-8,11-15H2,1H3,(H,24,25);1H/t17-,18-;/m0./s1. The minimum atomic E-state index is -1.03. The van der Waals surface area contributed by atoms with Gasteiger partial charge in [0, 0.05) is 6.54 Å². The summed E-state index contributed by atoms with van der Waals surface area (Å²) in [6, 6.07) is 8.64. The molecule has 0 bridgehead atoms. The molecule has 2 atom stereocenters. The number of hydrogen-bond acceptors (Lipinski definition) is 5. The van der Waals surface area contributed by atoms with E-state index >= 15 is 0 Å². The van der Waals surface area contributed by atoms with E-state index in [1.807, 2.05) is 30.3 Å². The number of carboxylic acid groups (broad SMARTS) is 1. The summed E-state index contributed by atoms with van der Waals surface area (Å²) in [7, 11) is 0. The van der Waals surface area contributed by atoms with Gasteiger partial charge in [-0.3, -0.25) is 19.7 Å². The van der Waals surface area contributed by atoms with E-state index in [1.54, 1.807) is 6.92 Å². The second kappa shape index (κ2) is 13.2. The predicted octanol–water partition coefficient (Wildman–Crippen LogP) is 2.42. The van der Waals surface area contributed by atoms with Gasteiger partial charge in [0.15, 0.2) is 0 Å². The molecular weight excluding hydrogens is 396 g/mol. The molecule has 1 amide bonds. The SMILES string of the molecule is CCOC(=O)[C@H](CCc1ccccc1)N[C@H]1CCCCCN(CC(=O)O)C1=O.Cl. The van der Waals surface area contributed by atoms with Crippen LogP contribution in [0.25, 0.3) is 0 Å². The number of hydrogen-bond donors (Lipinski definition) is 2. The van der Waals surface area contributed by atoms with Crippen molar-refractivity contribution in [2.75, 3.05) is 19.7 Å². The van der Waals surface area contributed by atoms with E-state index in [9.17, 15) is 14.4 Å². The van der Waals surface area contributed by atoms with Gasteiger partial charge in [-0.1, -0.05) is 43.2 Å². The lowest BCUT2D eigenvalue weighted by Crippen LogP contribution is -2.54. The summed E-state index contributed by atoms with van der Waals surface area (Å²) >= 11 is 0. The molecule has 0 aliphatic carbocycles. The highest BCUT2D eigenvalue weighted by Crippen LogP contribution is 2.15. The number of ether oxygens (including phenoxy) is 1.